The number of carbonyl (C=O) groups excluding carboxylic acids is 1. The van der Waals surface area contributed by atoms with Gasteiger partial charge in [-0.15, -0.1) is 0 Å². The molecule has 20 heavy (non-hydrogen) atoms. The first kappa shape index (κ1) is 14.7. The van der Waals surface area contributed by atoms with Crippen molar-refractivity contribution in [3.05, 3.63) is 29.8 Å². The van der Waals surface area contributed by atoms with Gasteiger partial charge in [-0.3, -0.25) is 0 Å². The van der Waals surface area contributed by atoms with Gasteiger partial charge in [-0.25, -0.2) is 4.79 Å². The number of rotatable bonds is 6. The van der Waals surface area contributed by atoms with E-state index in [1.165, 1.54) is 6.42 Å². The lowest BCUT2D eigenvalue weighted by Crippen LogP contribution is -2.44. The molecule has 1 saturated carbocycles. The third kappa shape index (κ3) is 4.44. The molecule has 0 aliphatic heterocycles. The van der Waals surface area contributed by atoms with Crippen LogP contribution in [-0.4, -0.2) is 18.2 Å². The summed E-state index contributed by atoms with van der Waals surface area (Å²) in [5.74, 6) is 0.859. The number of hydrogen-bond acceptors (Lipinski definition) is 2. The summed E-state index contributed by atoms with van der Waals surface area (Å²) >= 11 is 0. The largest absolute Gasteiger partial charge is 0.491 e. The highest BCUT2D eigenvalue weighted by Crippen LogP contribution is 2.18. The topological polar surface area (TPSA) is 50.4 Å². The Bertz CT molecular complexity index is 444. The second-order valence-electron chi connectivity index (χ2n) is 5.44. The standard InChI is InChI=1S/C16H24N2O2/c1-3-12(2)20-15-9-4-6-13(10-15)11-17-16(19)18-14-7-5-8-14/h4,6,9-10,12,14H,3,5,7-8,11H2,1-2H3,(H2,17,18,19)/t12-/m1/s1. The van der Waals surface area contributed by atoms with E-state index in [9.17, 15) is 4.79 Å². The molecule has 0 unspecified atom stereocenters. The molecular formula is C16H24N2O2. The van der Waals surface area contributed by atoms with Crippen LogP contribution >= 0.6 is 0 Å². The van der Waals surface area contributed by atoms with Crippen LogP contribution in [0.4, 0.5) is 4.79 Å². The van der Waals surface area contributed by atoms with Crippen LogP contribution in [0.25, 0.3) is 0 Å². The normalized spacial score (nSPS) is 16.1. The van der Waals surface area contributed by atoms with Gasteiger partial charge < -0.3 is 15.4 Å². The number of hydrogen-bond donors (Lipinski definition) is 2. The summed E-state index contributed by atoms with van der Waals surface area (Å²) in [7, 11) is 0. The van der Waals surface area contributed by atoms with Gasteiger partial charge in [0, 0.05) is 12.6 Å². The molecule has 2 N–H and O–H groups in total. The first-order chi connectivity index (χ1) is 9.67. The van der Waals surface area contributed by atoms with Gasteiger partial charge >= 0.3 is 6.03 Å². The molecular weight excluding hydrogens is 252 g/mol. The zero-order valence-electron chi connectivity index (χ0n) is 12.3. The number of carbonyl (C=O) groups is 1. The zero-order valence-corrected chi connectivity index (χ0v) is 12.3. The molecule has 1 aliphatic carbocycles. The van der Waals surface area contributed by atoms with Crippen molar-refractivity contribution < 1.29 is 9.53 Å². The smallest absolute Gasteiger partial charge is 0.315 e. The molecule has 4 heteroatoms. The lowest BCUT2D eigenvalue weighted by molar-refractivity contribution is 0.217. The van der Waals surface area contributed by atoms with Gasteiger partial charge in [-0.1, -0.05) is 19.1 Å². The molecule has 0 spiro atoms. The quantitative estimate of drug-likeness (QED) is 0.838. The van der Waals surface area contributed by atoms with Crippen LogP contribution < -0.4 is 15.4 Å². The van der Waals surface area contributed by atoms with Crippen LogP contribution in [0.3, 0.4) is 0 Å². The van der Waals surface area contributed by atoms with Crippen LogP contribution in [0.1, 0.15) is 45.1 Å². The third-order valence-electron chi connectivity index (χ3n) is 3.70. The Morgan fingerprint density at radius 3 is 2.90 bits per heavy atom. The minimum atomic E-state index is -0.0806. The molecule has 1 aromatic rings. The van der Waals surface area contributed by atoms with Crippen molar-refractivity contribution in [1.82, 2.24) is 10.6 Å². The second-order valence-corrected chi connectivity index (χ2v) is 5.44. The van der Waals surface area contributed by atoms with Gasteiger partial charge in [-0.05, 0) is 50.3 Å². The van der Waals surface area contributed by atoms with E-state index in [-0.39, 0.29) is 12.1 Å². The number of urea groups is 1. The highest BCUT2D eigenvalue weighted by Gasteiger charge is 2.18. The fourth-order valence-electron chi connectivity index (χ4n) is 2.02. The highest BCUT2D eigenvalue weighted by atomic mass is 16.5. The molecule has 1 atom stereocenters. The van der Waals surface area contributed by atoms with Crippen molar-refractivity contribution in [3.8, 4) is 5.75 Å². The molecule has 0 saturated heterocycles. The van der Waals surface area contributed by atoms with E-state index in [4.69, 9.17) is 4.74 Å². The highest BCUT2D eigenvalue weighted by molar-refractivity contribution is 5.74. The summed E-state index contributed by atoms with van der Waals surface area (Å²) in [6, 6.07) is 8.17. The lowest BCUT2D eigenvalue weighted by Gasteiger charge is -2.26. The Kier molecular flexibility index (Phi) is 5.27. The average molecular weight is 276 g/mol. The minimum absolute atomic E-state index is 0.0806. The van der Waals surface area contributed by atoms with E-state index in [0.717, 1.165) is 30.6 Å². The Morgan fingerprint density at radius 1 is 1.45 bits per heavy atom. The van der Waals surface area contributed by atoms with Crippen molar-refractivity contribution in [3.63, 3.8) is 0 Å². The van der Waals surface area contributed by atoms with E-state index >= 15 is 0 Å². The predicted octanol–water partition coefficient (Wildman–Crippen LogP) is 3.22. The van der Waals surface area contributed by atoms with Crippen molar-refractivity contribution >= 4 is 6.03 Å². The Labute approximate surface area is 120 Å². The van der Waals surface area contributed by atoms with Crippen LogP contribution in [0.2, 0.25) is 0 Å². The maximum Gasteiger partial charge on any atom is 0.315 e. The van der Waals surface area contributed by atoms with E-state index in [2.05, 4.69) is 24.5 Å². The molecule has 0 aromatic heterocycles. The Balaban J connectivity index is 1.79. The fraction of sp³-hybridized carbons (Fsp3) is 0.562. The van der Waals surface area contributed by atoms with Crippen LogP contribution in [0.5, 0.6) is 5.75 Å². The molecule has 1 aromatic carbocycles. The predicted molar refractivity (Wildman–Crippen MR) is 79.8 cm³/mol. The first-order valence-electron chi connectivity index (χ1n) is 7.47. The molecule has 0 radical (unpaired) electrons. The van der Waals surface area contributed by atoms with Crippen molar-refractivity contribution in [2.24, 2.45) is 0 Å². The summed E-state index contributed by atoms with van der Waals surface area (Å²) in [4.78, 5) is 11.7. The van der Waals surface area contributed by atoms with Crippen LogP contribution in [0, 0.1) is 0 Å². The lowest BCUT2D eigenvalue weighted by atomic mass is 9.93. The molecule has 2 rings (SSSR count). The number of amides is 2. The minimum Gasteiger partial charge on any atom is -0.491 e. The monoisotopic (exact) mass is 276 g/mol. The Morgan fingerprint density at radius 2 is 2.25 bits per heavy atom. The van der Waals surface area contributed by atoms with Crippen LogP contribution in [-0.2, 0) is 6.54 Å². The van der Waals surface area contributed by atoms with Gasteiger partial charge in [0.25, 0.3) is 0 Å². The van der Waals surface area contributed by atoms with E-state index in [0.29, 0.717) is 12.6 Å². The molecule has 110 valence electrons. The maximum absolute atomic E-state index is 11.7. The van der Waals surface area contributed by atoms with E-state index in [1.807, 2.05) is 24.3 Å². The first-order valence-corrected chi connectivity index (χ1v) is 7.47. The molecule has 1 fully saturated rings. The molecule has 1 aliphatic rings. The molecule has 0 heterocycles. The summed E-state index contributed by atoms with van der Waals surface area (Å²) in [5.41, 5.74) is 1.05. The maximum atomic E-state index is 11.7. The Hall–Kier alpha value is -1.71. The number of nitrogens with one attached hydrogen (secondary N) is 2. The SMILES string of the molecule is CC[C@@H](C)Oc1cccc(CNC(=O)NC2CCC2)c1. The van der Waals surface area contributed by atoms with Crippen molar-refractivity contribution in [1.29, 1.82) is 0 Å². The number of ether oxygens (including phenoxy) is 1. The van der Waals surface area contributed by atoms with Gasteiger partial charge in [0.2, 0.25) is 0 Å². The summed E-state index contributed by atoms with van der Waals surface area (Å²) in [6.07, 6.45) is 4.61. The average Bonchev–Trinajstić information content (AvgIpc) is 2.41. The van der Waals surface area contributed by atoms with Gasteiger partial charge in [0.15, 0.2) is 0 Å². The van der Waals surface area contributed by atoms with Crippen LogP contribution in [0.15, 0.2) is 24.3 Å². The third-order valence-corrected chi connectivity index (χ3v) is 3.70. The molecule has 2 amide bonds. The summed E-state index contributed by atoms with van der Waals surface area (Å²) in [6.45, 7) is 4.67. The van der Waals surface area contributed by atoms with E-state index in [1.54, 1.807) is 0 Å². The van der Waals surface area contributed by atoms with Gasteiger partial charge in [0.1, 0.15) is 5.75 Å². The molecule has 0 bridgehead atoms. The zero-order chi connectivity index (χ0) is 14.4. The fourth-order valence-corrected chi connectivity index (χ4v) is 2.02. The van der Waals surface area contributed by atoms with Gasteiger partial charge in [0.05, 0.1) is 6.10 Å². The summed E-state index contributed by atoms with van der Waals surface area (Å²) < 4.78 is 5.77. The van der Waals surface area contributed by atoms with Gasteiger partial charge in [-0.2, -0.15) is 0 Å². The van der Waals surface area contributed by atoms with Crippen molar-refractivity contribution in [2.75, 3.05) is 0 Å². The second kappa shape index (κ2) is 7.17. The summed E-state index contributed by atoms with van der Waals surface area (Å²) in [5, 5.41) is 5.85. The molecule has 4 nitrogen and oxygen atoms in total. The van der Waals surface area contributed by atoms with Crippen molar-refractivity contribution in [2.45, 2.75) is 58.2 Å². The number of benzene rings is 1. The van der Waals surface area contributed by atoms with E-state index < -0.39 is 0 Å².